The van der Waals surface area contributed by atoms with Crippen molar-refractivity contribution < 1.29 is 4.39 Å². The third-order valence-corrected chi connectivity index (χ3v) is 5.72. The highest BCUT2D eigenvalue weighted by atomic mass is 79.9. The number of benzene rings is 2. The van der Waals surface area contributed by atoms with Gasteiger partial charge in [-0.15, -0.1) is 11.3 Å². The lowest BCUT2D eigenvalue weighted by Gasteiger charge is -2.17. The zero-order valence-corrected chi connectivity index (χ0v) is 15.1. The van der Waals surface area contributed by atoms with Crippen molar-refractivity contribution in [1.29, 1.82) is 0 Å². The molecule has 5 heteroatoms. The standard InChI is InChI=1S/C16H12Br2FNS/c1-20-16(12-7-10(17)3-5-13(12)18)15-6-9-2-4-11(19)8-14(9)21-15/h2-8,16,20H,1H3. The molecule has 0 spiro atoms. The number of rotatable bonds is 3. The zero-order chi connectivity index (χ0) is 15.0. The summed E-state index contributed by atoms with van der Waals surface area (Å²) in [6.07, 6.45) is 0. The summed E-state index contributed by atoms with van der Waals surface area (Å²) in [6, 6.07) is 13.2. The molecule has 108 valence electrons. The Morgan fingerprint density at radius 1 is 1.10 bits per heavy atom. The Kier molecular flexibility index (Phi) is 4.45. The van der Waals surface area contributed by atoms with E-state index in [0.717, 1.165) is 29.5 Å². The van der Waals surface area contributed by atoms with Gasteiger partial charge in [-0.3, -0.25) is 0 Å². The molecule has 0 fully saturated rings. The average molecular weight is 429 g/mol. The van der Waals surface area contributed by atoms with Crippen molar-refractivity contribution in [2.75, 3.05) is 7.05 Å². The molecule has 1 nitrogen and oxygen atoms in total. The number of hydrogen-bond acceptors (Lipinski definition) is 2. The Labute approximate surface area is 143 Å². The van der Waals surface area contributed by atoms with Crippen LogP contribution in [0, 0.1) is 5.82 Å². The van der Waals surface area contributed by atoms with Crippen molar-refractivity contribution in [1.82, 2.24) is 5.32 Å². The van der Waals surface area contributed by atoms with Crippen LogP contribution in [0.25, 0.3) is 10.1 Å². The van der Waals surface area contributed by atoms with Crippen molar-refractivity contribution in [3.63, 3.8) is 0 Å². The third kappa shape index (κ3) is 3.06. The van der Waals surface area contributed by atoms with E-state index in [1.165, 1.54) is 6.07 Å². The number of nitrogens with one attached hydrogen (secondary N) is 1. The molecule has 0 saturated carbocycles. The van der Waals surface area contributed by atoms with Gasteiger partial charge < -0.3 is 5.32 Å². The molecule has 1 N–H and O–H groups in total. The largest absolute Gasteiger partial charge is 0.309 e. The summed E-state index contributed by atoms with van der Waals surface area (Å²) in [5.41, 5.74) is 1.15. The first-order valence-electron chi connectivity index (χ1n) is 6.39. The van der Waals surface area contributed by atoms with Crippen LogP contribution in [0.2, 0.25) is 0 Å². The molecule has 1 aromatic heterocycles. The smallest absolute Gasteiger partial charge is 0.124 e. The molecule has 3 aromatic rings. The maximum Gasteiger partial charge on any atom is 0.124 e. The Bertz CT molecular complexity index is 800. The highest BCUT2D eigenvalue weighted by Gasteiger charge is 2.18. The summed E-state index contributed by atoms with van der Waals surface area (Å²) in [5, 5.41) is 4.42. The summed E-state index contributed by atoms with van der Waals surface area (Å²) < 4.78 is 16.4. The Morgan fingerprint density at radius 2 is 1.90 bits per heavy atom. The fraction of sp³-hybridized carbons (Fsp3) is 0.125. The van der Waals surface area contributed by atoms with E-state index in [-0.39, 0.29) is 11.9 Å². The molecule has 0 bridgehead atoms. The van der Waals surface area contributed by atoms with Crippen LogP contribution in [0.1, 0.15) is 16.5 Å². The van der Waals surface area contributed by atoms with Crippen molar-refractivity contribution in [3.8, 4) is 0 Å². The van der Waals surface area contributed by atoms with Crippen LogP contribution in [-0.2, 0) is 0 Å². The van der Waals surface area contributed by atoms with Crippen LogP contribution in [0.15, 0.2) is 51.4 Å². The van der Waals surface area contributed by atoms with E-state index >= 15 is 0 Å². The van der Waals surface area contributed by atoms with Gasteiger partial charge in [-0.1, -0.05) is 37.9 Å². The van der Waals surface area contributed by atoms with Crippen LogP contribution in [-0.4, -0.2) is 7.05 Å². The molecule has 0 amide bonds. The molecule has 0 radical (unpaired) electrons. The summed E-state index contributed by atoms with van der Waals surface area (Å²) >= 11 is 8.74. The van der Waals surface area contributed by atoms with Crippen LogP contribution < -0.4 is 5.32 Å². The Morgan fingerprint density at radius 3 is 2.67 bits per heavy atom. The summed E-state index contributed by atoms with van der Waals surface area (Å²) in [5.74, 6) is -0.194. The van der Waals surface area contributed by atoms with Crippen molar-refractivity contribution in [2.24, 2.45) is 0 Å². The summed E-state index contributed by atoms with van der Waals surface area (Å²) in [6.45, 7) is 0. The van der Waals surface area contributed by atoms with Gasteiger partial charge in [0.1, 0.15) is 5.82 Å². The molecule has 2 aromatic carbocycles. The first-order valence-corrected chi connectivity index (χ1v) is 8.80. The molecule has 21 heavy (non-hydrogen) atoms. The first kappa shape index (κ1) is 15.2. The Balaban J connectivity index is 2.11. The predicted molar refractivity (Wildman–Crippen MR) is 94.5 cm³/mol. The van der Waals surface area contributed by atoms with Crippen LogP contribution >= 0.6 is 43.2 Å². The summed E-state index contributed by atoms with van der Waals surface area (Å²) in [4.78, 5) is 1.16. The van der Waals surface area contributed by atoms with E-state index in [1.807, 2.05) is 25.2 Å². The van der Waals surface area contributed by atoms with Crippen LogP contribution in [0.5, 0.6) is 0 Å². The maximum atomic E-state index is 13.3. The zero-order valence-electron chi connectivity index (χ0n) is 11.2. The molecule has 0 saturated heterocycles. The Hall–Kier alpha value is -0.750. The molecule has 1 heterocycles. The lowest BCUT2D eigenvalue weighted by molar-refractivity contribution is 0.630. The quantitative estimate of drug-likeness (QED) is 0.549. The first-order chi connectivity index (χ1) is 10.1. The van der Waals surface area contributed by atoms with E-state index in [1.54, 1.807) is 17.4 Å². The molecule has 0 aliphatic rings. The van der Waals surface area contributed by atoms with Crippen molar-refractivity contribution in [3.05, 3.63) is 67.7 Å². The van der Waals surface area contributed by atoms with E-state index in [0.29, 0.717) is 0 Å². The summed E-state index contributed by atoms with van der Waals surface area (Å²) in [7, 11) is 1.93. The average Bonchev–Trinajstić information content (AvgIpc) is 2.86. The predicted octanol–water partition coefficient (Wildman–Crippen LogP) is 5.87. The van der Waals surface area contributed by atoms with Gasteiger partial charge in [0.2, 0.25) is 0 Å². The topological polar surface area (TPSA) is 12.0 Å². The third-order valence-electron chi connectivity index (χ3n) is 3.34. The lowest BCUT2D eigenvalue weighted by Crippen LogP contribution is -2.16. The molecule has 1 unspecified atom stereocenters. The van der Waals surface area contributed by atoms with Gasteiger partial charge >= 0.3 is 0 Å². The second-order valence-electron chi connectivity index (χ2n) is 4.72. The number of hydrogen-bond donors (Lipinski definition) is 1. The van der Waals surface area contributed by atoms with Gasteiger partial charge in [-0.05, 0) is 54.4 Å². The minimum Gasteiger partial charge on any atom is -0.309 e. The van der Waals surface area contributed by atoms with Crippen LogP contribution in [0.3, 0.4) is 0 Å². The van der Waals surface area contributed by atoms with Gasteiger partial charge in [0.25, 0.3) is 0 Å². The van der Waals surface area contributed by atoms with Gasteiger partial charge in [0.15, 0.2) is 0 Å². The van der Waals surface area contributed by atoms with Gasteiger partial charge in [0, 0.05) is 18.5 Å². The molecule has 1 atom stereocenters. The van der Waals surface area contributed by atoms with E-state index < -0.39 is 0 Å². The van der Waals surface area contributed by atoms with Crippen molar-refractivity contribution >= 4 is 53.3 Å². The van der Waals surface area contributed by atoms with Gasteiger partial charge in [-0.25, -0.2) is 4.39 Å². The van der Waals surface area contributed by atoms with E-state index in [9.17, 15) is 4.39 Å². The van der Waals surface area contributed by atoms with E-state index in [2.05, 4.69) is 49.3 Å². The molecule has 0 aliphatic heterocycles. The van der Waals surface area contributed by atoms with Gasteiger partial charge in [0.05, 0.1) is 6.04 Å². The number of thiophene rings is 1. The van der Waals surface area contributed by atoms with E-state index in [4.69, 9.17) is 0 Å². The fourth-order valence-electron chi connectivity index (χ4n) is 2.35. The molecule has 0 aliphatic carbocycles. The second kappa shape index (κ2) is 6.16. The molecular weight excluding hydrogens is 417 g/mol. The minimum atomic E-state index is -0.194. The number of halogens is 3. The SMILES string of the molecule is CNC(c1cc2ccc(F)cc2s1)c1cc(Br)ccc1Br. The monoisotopic (exact) mass is 427 g/mol. The van der Waals surface area contributed by atoms with Crippen LogP contribution in [0.4, 0.5) is 4.39 Å². The molecule has 3 rings (SSSR count). The molecular formula is C16H12Br2FNS. The highest BCUT2D eigenvalue weighted by Crippen LogP contribution is 2.36. The van der Waals surface area contributed by atoms with Gasteiger partial charge in [-0.2, -0.15) is 0 Å². The highest BCUT2D eigenvalue weighted by molar-refractivity contribution is 9.11. The minimum absolute atomic E-state index is 0.0670. The fourth-order valence-corrected chi connectivity index (χ4v) is 4.43. The normalized spacial score (nSPS) is 12.8. The number of fused-ring (bicyclic) bond motifs is 1. The second-order valence-corrected chi connectivity index (χ2v) is 7.60. The maximum absolute atomic E-state index is 13.3. The van der Waals surface area contributed by atoms with Crippen molar-refractivity contribution in [2.45, 2.75) is 6.04 Å². The lowest BCUT2D eigenvalue weighted by atomic mass is 10.1.